The van der Waals surface area contributed by atoms with Crippen LogP contribution in [0.3, 0.4) is 0 Å². The average molecular weight is 180 g/mol. The van der Waals surface area contributed by atoms with Crippen molar-refractivity contribution < 1.29 is 4.74 Å². The van der Waals surface area contributed by atoms with E-state index in [0.29, 0.717) is 11.8 Å². The lowest BCUT2D eigenvalue weighted by Gasteiger charge is -2.09. The molecule has 0 radical (unpaired) electrons. The Hall–Kier alpha value is -1.12. The van der Waals surface area contributed by atoms with Gasteiger partial charge in [-0.25, -0.2) is 4.98 Å². The zero-order valence-corrected chi connectivity index (χ0v) is 8.66. The Morgan fingerprint density at radius 3 is 2.69 bits per heavy atom. The first-order chi connectivity index (χ1) is 6.19. The molecule has 1 rings (SSSR count). The Morgan fingerprint density at radius 2 is 2.23 bits per heavy atom. The predicted octanol–water partition coefficient (Wildman–Crippen LogP) is 2.31. The molecule has 1 atom stereocenters. The van der Waals surface area contributed by atoms with E-state index in [1.807, 2.05) is 6.92 Å². The molecule has 0 amide bonds. The third-order valence-electron chi connectivity index (χ3n) is 2.23. The molecule has 1 aromatic rings. The third-order valence-corrected chi connectivity index (χ3v) is 2.23. The molecule has 1 unspecified atom stereocenters. The molecule has 0 bridgehead atoms. The summed E-state index contributed by atoms with van der Waals surface area (Å²) in [7, 11) is 1.61. The zero-order valence-electron chi connectivity index (χ0n) is 8.66. The van der Waals surface area contributed by atoms with Crippen molar-refractivity contribution in [3.05, 3.63) is 17.6 Å². The Morgan fingerprint density at radius 1 is 1.54 bits per heavy atom. The third kappa shape index (κ3) is 2.17. The topological polar surface area (TPSA) is 35.0 Å². The Bertz CT molecular complexity index is 286. The highest BCUT2D eigenvalue weighted by atomic mass is 16.5. The van der Waals surface area contributed by atoms with Crippen LogP contribution in [0.2, 0.25) is 0 Å². The van der Waals surface area contributed by atoms with Gasteiger partial charge >= 0.3 is 0 Å². The van der Waals surface area contributed by atoms with Crippen molar-refractivity contribution >= 4 is 0 Å². The standard InChI is InChI=1S/C10H16N2O/c1-5-7(2)9-6-11-10(13-4)8(3)12-9/h6-7H,5H2,1-4H3. The van der Waals surface area contributed by atoms with Crippen LogP contribution in [-0.4, -0.2) is 17.1 Å². The summed E-state index contributed by atoms with van der Waals surface area (Å²) in [4.78, 5) is 8.61. The van der Waals surface area contributed by atoms with E-state index in [4.69, 9.17) is 4.74 Å². The summed E-state index contributed by atoms with van der Waals surface area (Å²) < 4.78 is 5.04. The van der Waals surface area contributed by atoms with Gasteiger partial charge in [0.1, 0.15) is 0 Å². The molecule has 3 heteroatoms. The monoisotopic (exact) mass is 180 g/mol. The molecular weight excluding hydrogens is 164 g/mol. The lowest BCUT2D eigenvalue weighted by Crippen LogP contribution is -2.01. The molecular formula is C10H16N2O. The number of nitrogens with zero attached hydrogens (tertiary/aromatic N) is 2. The minimum Gasteiger partial charge on any atom is -0.480 e. The average Bonchev–Trinajstić information content (AvgIpc) is 2.16. The molecule has 1 heterocycles. The second kappa shape index (κ2) is 4.21. The molecule has 0 aliphatic rings. The van der Waals surface area contributed by atoms with Crippen LogP contribution in [0.5, 0.6) is 5.88 Å². The summed E-state index contributed by atoms with van der Waals surface area (Å²) in [5.41, 5.74) is 1.90. The van der Waals surface area contributed by atoms with Gasteiger partial charge in [-0.3, -0.25) is 4.98 Å². The minimum atomic E-state index is 0.470. The molecule has 0 fully saturated rings. The van der Waals surface area contributed by atoms with Crippen LogP contribution < -0.4 is 4.74 Å². The van der Waals surface area contributed by atoms with Crippen molar-refractivity contribution in [2.45, 2.75) is 33.1 Å². The van der Waals surface area contributed by atoms with E-state index < -0.39 is 0 Å². The largest absolute Gasteiger partial charge is 0.480 e. The molecule has 0 aliphatic heterocycles. The summed E-state index contributed by atoms with van der Waals surface area (Å²) in [6, 6.07) is 0. The molecule has 72 valence electrons. The maximum atomic E-state index is 5.04. The van der Waals surface area contributed by atoms with Gasteiger partial charge in [0, 0.05) is 0 Å². The van der Waals surface area contributed by atoms with Gasteiger partial charge in [-0.2, -0.15) is 0 Å². The van der Waals surface area contributed by atoms with Crippen molar-refractivity contribution in [1.82, 2.24) is 9.97 Å². The second-order valence-electron chi connectivity index (χ2n) is 3.20. The quantitative estimate of drug-likeness (QED) is 0.716. The molecule has 0 aromatic carbocycles. The molecule has 0 aliphatic carbocycles. The first-order valence-electron chi connectivity index (χ1n) is 4.56. The number of hydrogen-bond acceptors (Lipinski definition) is 3. The fourth-order valence-corrected chi connectivity index (χ4v) is 1.14. The lowest BCUT2D eigenvalue weighted by atomic mass is 10.1. The van der Waals surface area contributed by atoms with Gasteiger partial charge in [0.05, 0.1) is 24.7 Å². The summed E-state index contributed by atoms with van der Waals surface area (Å²) >= 11 is 0. The zero-order chi connectivity index (χ0) is 9.84. The van der Waals surface area contributed by atoms with Crippen LogP contribution in [-0.2, 0) is 0 Å². The van der Waals surface area contributed by atoms with Gasteiger partial charge in [-0.05, 0) is 19.3 Å². The van der Waals surface area contributed by atoms with Crippen molar-refractivity contribution in [3.63, 3.8) is 0 Å². The maximum Gasteiger partial charge on any atom is 0.235 e. The molecule has 0 saturated carbocycles. The van der Waals surface area contributed by atoms with Gasteiger partial charge < -0.3 is 4.74 Å². The summed E-state index contributed by atoms with van der Waals surface area (Å²) in [5.74, 6) is 1.09. The molecule has 1 aromatic heterocycles. The van der Waals surface area contributed by atoms with Crippen LogP contribution in [0.15, 0.2) is 6.20 Å². The van der Waals surface area contributed by atoms with E-state index in [9.17, 15) is 0 Å². The number of aryl methyl sites for hydroxylation is 1. The summed E-state index contributed by atoms with van der Waals surface area (Å²) in [6.45, 7) is 6.21. The van der Waals surface area contributed by atoms with E-state index in [1.54, 1.807) is 13.3 Å². The minimum absolute atomic E-state index is 0.470. The highest BCUT2D eigenvalue weighted by molar-refractivity contribution is 5.19. The Balaban J connectivity index is 2.95. The number of rotatable bonds is 3. The van der Waals surface area contributed by atoms with Gasteiger partial charge in [0.25, 0.3) is 0 Å². The Kier molecular flexibility index (Phi) is 3.23. The number of ether oxygens (including phenoxy) is 1. The van der Waals surface area contributed by atoms with Crippen molar-refractivity contribution in [1.29, 1.82) is 0 Å². The van der Waals surface area contributed by atoms with E-state index in [2.05, 4.69) is 23.8 Å². The number of methoxy groups -OCH3 is 1. The van der Waals surface area contributed by atoms with Crippen molar-refractivity contribution in [2.75, 3.05) is 7.11 Å². The van der Waals surface area contributed by atoms with E-state index >= 15 is 0 Å². The first kappa shape index (κ1) is 9.96. The van der Waals surface area contributed by atoms with E-state index in [0.717, 1.165) is 17.8 Å². The highest BCUT2D eigenvalue weighted by Gasteiger charge is 2.07. The maximum absolute atomic E-state index is 5.04. The first-order valence-corrected chi connectivity index (χ1v) is 4.56. The highest BCUT2D eigenvalue weighted by Crippen LogP contribution is 2.18. The SMILES string of the molecule is CCC(C)c1cnc(OC)c(C)n1. The molecule has 0 spiro atoms. The van der Waals surface area contributed by atoms with Crippen LogP contribution in [0.4, 0.5) is 0 Å². The van der Waals surface area contributed by atoms with Crippen LogP contribution >= 0.6 is 0 Å². The summed E-state index contributed by atoms with van der Waals surface area (Å²) in [6.07, 6.45) is 2.88. The van der Waals surface area contributed by atoms with Crippen molar-refractivity contribution in [3.8, 4) is 5.88 Å². The summed E-state index contributed by atoms with van der Waals surface area (Å²) in [5, 5.41) is 0. The van der Waals surface area contributed by atoms with Gasteiger partial charge in [-0.15, -0.1) is 0 Å². The van der Waals surface area contributed by atoms with Crippen molar-refractivity contribution in [2.24, 2.45) is 0 Å². The number of aromatic nitrogens is 2. The molecule has 0 N–H and O–H groups in total. The fraction of sp³-hybridized carbons (Fsp3) is 0.600. The molecule has 13 heavy (non-hydrogen) atoms. The van der Waals surface area contributed by atoms with Crippen LogP contribution in [0, 0.1) is 6.92 Å². The lowest BCUT2D eigenvalue weighted by molar-refractivity contribution is 0.390. The van der Waals surface area contributed by atoms with Gasteiger partial charge in [-0.1, -0.05) is 13.8 Å². The van der Waals surface area contributed by atoms with E-state index in [1.165, 1.54) is 0 Å². The predicted molar refractivity (Wildman–Crippen MR) is 52.0 cm³/mol. The van der Waals surface area contributed by atoms with Gasteiger partial charge in [0.2, 0.25) is 5.88 Å². The van der Waals surface area contributed by atoms with Gasteiger partial charge in [0.15, 0.2) is 0 Å². The number of hydrogen-bond donors (Lipinski definition) is 0. The molecule has 0 saturated heterocycles. The van der Waals surface area contributed by atoms with Crippen LogP contribution in [0.25, 0.3) is 0 Å². The second-order valence-corrected chi connectivity index (χ2v) is 3.20. The molecule has 3 nitrogen and oxygen atoms in total. The fourth-order valence-electron chi connectivity index (χ4n) is 1.14. The van der Waals surface area contributed by atoms with Crippen LogP contribution in [0.1, 0.15) is 37.6 Å². The normalized spacial score (nSPS) is 12.6. The smallest absolute Gasteiger partial charge is 0.235 e. The Labute approximate surface area is 79.2 Å². The van der Waals surface area contributed by atoms with E-state index in [-0.39, 0.29) is 0 Å².